The van der Waals surface area contributed by atoms with Gasteiger partial charge in [0, 0.05) is 26.1 Å². The zero-order valence-corrected chi connectivity index (χ0v) is 13.8. The molecule has 0 aliphatic carbocycles. The molecule has 0 aliphatic rings. The van der Waals surface area contributed by atoms with E-state index in [0.29, 0.717) is 11.8 Å². The minimum Gasteiger partial charge on any atom is -0.380 e. The summed E-state index contributed by atoms with van der Waals surface area (Å²) in [5.41, 5.74) is 0. The number of ether oxygens (including phenoxy) is 1. The lowest BCUT2D eigenvalue weighted by Gasteiger charge is -2.29. The van der Waals surface area contributed by atoms with Gasteiger partial charge in [-0.1, -0.05) is 34.6 Å². The molecule has 0 fully saturated rings. The van der Waals surface area contributed by atoms with Crippen LogP contribution in [0.5, 0.6) is 0 Å². The topological polar surface area (TPSA) is 52.0 Å². The largest absolute Gasteiger partial charge is 0.380 e. The Kier molecular flexibility index (Phi) is 7.16. The number of likely N-dealkylation sites (N-methyl/N-ethyl adjacent to an activating group) is 1. The Morgan fingerprint density at radius 1 is 1.30 bits per heavy atom. The predicted octanol–water partition coefficient (Wildman–Crippen LogP) is 2.13. The maximum Gasteiger partial charge on any atom is 0.138 e. The highest BCUT2D eigenvalue weighted by molar-refractivity contribution is 4.93. The Bertz CT molecular complexity index is 376. The molecular formula is C15H30N4O. The molecular weight excluding hydrogens is 252 g/mol. The van der Waals surface area contributed by atoms with Gasteiger partial charge in [-0.2, -0.15) is 5.10 Å². The highest BCUT2D eigenvalue weighted by Gasteiger charge is 2.25. The van der Waals surface area contributed by atoms with Crippen LogP contribution >= 0.6 is 0 Å². The number of nitrogens with one attached hydrogen (secondary N) is 1. The van der Waals surface area contributed by atoms with E-state index in [-0.39, 0.29) is 12.1 Å². The average Bonchev–Trinajstić information content (AvgIpc) is 2.76. The molecule has 5 heteroatoms. The van der Waals surface area contributed by atoms with Crippen molar-refractivity contribution in [2.24, 2.45) is 11.8 Å². The van der Waals surface area contributed by atoms with E-state index in [2.05, 4.69) is 50.0 Å². The van der Waals surface area contributed by atoms with Crippen LogP contribution in [0.25, 0.3) is 0 Å². The summed E-state index contributed by atoms with van der Waals surface area (Å²) in [4.78, 5) is 4.42. The fourth-order valence-electron chi connectivity index (χ4n) is 2.61. The van der Waals surface area contributed by atoms with E-state index < -0.39 is 0 Å². The Hall–Kier alpha value is -0.940. The van der Waals surface area contributed by atoms with Gasteiger partial charge in [0.2, 0.25) is 0 Å². The van der Waals surface area contributed by atoms with E-state index in [1.54, 1.807) is 13.4 Å². The van der Waals surface area contributed by atoms with Crippen LogP contribution in [-0.2, 0) is 17.7 Å². The SMILES string of the molecule is CCNC(Cc1ncnn1CC(C)C)C(OC)C(C)C. The molecule has 0 aliphatic heterocycles. The number of hydrogen-bond donors (Lipinski definition) is 1. The molecule has 0 saturated carbocycles. The van der Waals surface area contributed by atoms with E-state index in [9.17, 15) is 0 Å². The fourth-order valence-corrected chi connectivity index (χ4v) is 2.61. The van der Waals surface area contributed by atoms with Gasteiger partial charge in [-0.15, -0.1) is 0 Å². The lowest BCUT2D eigenvalue weighted by Crippen LogP contribution is -2.45. The van der Waals surface area contributed by atoms with Crippen molar-refractivity contribution in [3.8, 4) is 0 Å². The second kappa shape index (κ2) is 8.37. The molecule has 20 heavy (non-hydrogen) atoms. The van der Waals surface area contributed by atoms with Crippen molar-refractivity contribution >= 4 is 0 Å². The minimum atomic E-state index is 0.180. The maximum atomic E-state index is 5.68. The monoisotopic (exact) mass is 282 g/mol. The van der Waals surface area contributed by atoms with E-state index in [1.165, 1.54) is 0 Å². The molecule has 1 aromatic heterocycles. The number of methoxy groups -OCH3 is 1. The molecule has 0 saturated heterocycles. The molecule has 0 spiro atoms. The zero-order valence-electron chi connectivity index (χ0n) is 13.8. The quantitative estimate of drug-likeness (QED) is 0.754. The Morgan fingerprint density at radius 3 is 2.50 bits per heavy atom. The van der Waals surface area contributed by atoms with Crippen LogP contribution in [0.1, 0.15) is 40.4 Å². The summed E-state index contributed by atoms with van der Waals surface area (Å²) in [5, 5.41) is 7.86. The maximum absolute atomic E-state index is 5.68. The molecule has 2 atom stereocenters. The van der Waals surface area contributed by atoms with Crippen molar-refractivity contribution in [1.82, 2.24) is 20.1 Å². The first kappa shape index (κ1) is 17.1. The smallest absolute Gasteiger partial charge is 0.138 e. The second-order valence-electron chi connectivity index (χ2n) is 6.06. The van der Waals surface area contributed by atoms with Crippen LogP contribution in [0.4, 0.5) is 0 Å². The molecule has 1 heterocycles. The standard InChI is InChI=1S/C15H30N4O/c1-7-16-13(15(20-6)12(4)5)8-14-17-10-18-19(14)9-11(2)3/h10-13,15-16H,7-9H2,1-6H3. The first-order chi connectivity index (χ1) is 9.49. The third-order valence-electron chi connectivity index (χ3n) is 3.43. The van der Waals surface area contributed by atoms with E-state index >= 15 is 0 Å². The summed E-state index contributed by atoms with van der Waals surface area (Å²) < 4.78 is 7.69. The Morgan fingerprint density at radius 2 is 2.00 bits per heavy atom. The first-order valence-electron chi connectivity index (χ1n) is 7.62. The summed E-state index contributed by atoms with van der Waals surface area (Å²) in [7, 11) is 1.79. The normalized spacial score (nSPS) is 15.0. The minimum absolute atomic E-state index is 0.180. The van der Waals surface area contributed by atoms with Crippen LogP contribution < -0.4 is 5.32 Å². The van der Waals surface area contributed by atoms with Crippen LogP contribution in [0.2, 0.25) is 0 Å². The van der Waals surface area contributed by atoms with Gasteiger partial charge in [0.1, 0.15) is 12.2 Å². The molecule has 2 unspecified atom stereocenters. The summed E-state index contributed by atoms with van der Waals surface area (Å²) in [6.45, 7) is 12.7. The van der Waals surface area contributed by atoms with E-state index in [1.807, 2.05) is 4.68 Å². The van der Waals surface area contributed by atoms with Crippen LogP contribution in [0.3, 0.4) is 0 Å². The molecule has 1 N–H and O–H groups in total. The van der Waals surface area contributed by atoms with Gasteiger partial charge in [-0.25, -0.2) is 9.67 Å². The summed E-state index contributed by atoms with van der Waals surface area (Å²) in [5.74, 6) is 2.06. The highest BCUT2D eigenvalue weighted by atomic mass is 16.5. The van der Waals surface area contributed by atoms with Gasteiger partial charge < -0.3 is 10.1 Å². The molecule has 1 aromatic rings. The Labute approximate surface area is 123 Å². The van der Waals surface area contributed by atoms with Gasteiger partial charge in [0.05, 0.1) is 6.10 Å². The third kappa shape index (κ3) is 4.87. The summed E-state index contributed by atoms with van der Waals surface area (Å²) in [6, 6.07) is 0.264. The fraction of sp³-hybridized carbons (Fsp3) is 0.867. The lowest BCUT2D eigenvalue weighted by molar-refractivity contribution is 0.0328. The van der Waals surface area contributed by atoms with Crippen molar-refractivity contribution < 1.29 is 4.74 Å². The lowest BCUT2D eigenvalue weighted by atomic mass is 9.96. The van der Waals surface area contributed by atoms with Gasteiger partial charge in [0.25, 0.3) is 0 Å². The van der Waals surface area contributed by atoms with Crippen LogP contribution in [0, 0.1) is 11.8 Å². The molecule has 0 amide bonds. The molecule has 1 rings (SSSR count). The summed E-state index contributed by atoms with van der Waals surface area (Å²) in [6.07, 6.45) is 2.67. The number of nitrogens with zero attached hydrogens (tertiary/aromatic N) is 3. The Balaban J connectivity index is 2.82. The predicted molar refractivity (Wildman–Crippen MR) is 81.7 cm³/mol. The summed E-state index contributed by atoms with van der Waals surface area (Å²) >= 11 is 0. The van der Waals surface area contributed by atoms with Gasteiger partial charge >= 0.3 is 0 Å². The number of rotatable bonds is 9. The van der Waals surface area contributed by atoms with Crippen molar-refractivity contribution in [2.75, 3.05) is 13.7 Å². The molecule has 0 aromatic carbocycles. The highest BCUT2D eigenvalue weighted by Crippen LogP contribution is 2.14. The van der Waals surface area contributed by atoms with E-state index in [4.69, 9.17) is 4.74 Å². The van der Waals surface area contributed by atoms with Gasteiger partial charge in [0.15, 0.2) is 0 Å². The molecule has 116 valence electrons. The third-order valence-corrected chi connectivity index (χ3v) is 3.43. The zero-order chi connectivity index (χ0) is 15.1. The molecule has 0 radical (unpaired) electrons. The van der Waals surface area contributed by atoms with Crippen LogP contribution in [-0.4, -0.2) is 40.6 Å². The van der Waals surface area contributed by atoms with Crippen molar-refractivity contribution in [2.45, 2.75) is 59.7 Å². The first-order valence-corrected chi connectivity index (χ1v) is 7.62. The van der Waals surface area contributed by atoms with Crippen LogP contribution in [0.15, 0.2) is 6.33 Å². The van der Waals surface area contributed by atoms with Gasteiger partial charge in [-0.3, -0.25) is 0 Å². The van der Waals surface area contributed by atoms with Crippen molar-refractivity contribution in [3.05, 3.63) is 12.2 Å². The second-order valence-corrected chi connectivity index (χ2v) is 6.06. The van der Waals surface area contributed by atoms with Gasteiger partial charge in [-0.05, 0) is 18.4 Å². The average molecular weight is 282 g/mol. The van der Waals surface area contributed by atoms with Crippen molar-refractivity contribution in [3.63, 3.8) is 0 Å². The number of hydrogen-bond acceptors (Lipinski definition) is 4. The van der Waals surface area contributed by atoms with E-state index in [0.717, 1.165) is 25.3 Å². The number of aromatic nitrogens is 3. The molecule has 0 bridgehead atoms. The van der Waals surface area contributed by atoms with Crippen molar-refractivity contribution in [1.29, 1.82) is 0 Å². The molecule has 5 nitrogen and oxygen atoms in total.